The standard InChI is InChI=1S/C16H15BrN2O2/c17-12-7-6-11(10-13(12)18)16(20)19-8-3-9-21-15-5-2-1-4-14(15)19/h1-2,4-7,10H,3,8-9,18H2. The Balaban J connectivity index is 1.99. The number of nitrogens with zero attached hydrogens (tertiary/aromatic N) is 1. The first-order valence-corrected chi connectivity index (χ1v) is 7.55. The van der Waals surface area contributed by atoms with Crippen LogP contribution in [0, 0.1) is 0 Å². The van der Waals surface area contributed by atoms with Gasteiger partial charge in [0.05, 0.1) is 12.3 Å². The van der Waals surface area contributed by atoms with Crippen molar-refractivity contribution in [1.29, 1.82) is 0 Å². The van der Waals surface area contributed by atoms with Crippen LogP contribution in [-0.2, 0) is 0 Å². The van der Waals surface area contributed by atoms with Crippen LogP contribution >= 0.6 is 15.9 Å². The van der Waals surface area contributed by atoms with E-state index in [1.54, 1.807) is 23.1 Å². The number of anilines is 2. The Morgan fingerprint density at radius 3 is 2.86 bits per heavy atom. The van der Waals surface area contributed by atoms with Crippen molar-refractivity contribution in [3.05, 3.63) is 52.5 Å². The lowest BCUT2D eigenvalue weighted by Crippen LogP contribution is -2.31. The largest absolute Gasteiger partial charge is 0.491 e. The molecule has 0 fully saturated rings. The van der Waals surface area contributed by atoms with Gasteiger partial charge in [-0.25, -0.2) is 0 Å². The van der Waals surface area contributed by atoms with Gasteiger partial charge >= 0.3 is 0 Å². The summed E-state index contributed by atoms with van der Waals surface area (Å²) in [7, 11) is 0. The maximum Gasteiger partial charge on any atom is 0.258 e. The molecule has 2 aromatic rings. The van der Waals surface area contributed by atoms with Crippen LogP contribution in [0.2, 0.25) is 0 Å². The lowest BCUT2D eigenvalue weighted by molar-refractivity contribution is 0.0987. The third-order valence-electron chi connectivity index (χ3n) is 3.43. The van der Waals surface area contributed by atoms with Crippen molar-refractivity contribution in [2.24, 2.45) is 0 Å². The zero-order valence-electron chi connectivity index (χ0n) is 11.4. The third-order valence-corrected chi connectivity index (χ3v) is 4.15. The molecule has 3 rings (SSSR count). The number of rotatable bonds is 1. The highest BCUT2D eigenvalue weighted by Gasteiger charge is 2.23. The lowest BCUT2D eigenvalue weighted by atomic mass is 10.1. The van der Waals surface area contributed by atoms with E-state index in [-0.39, 0.29) is 5.91 Å². The van der Waals surface area contributed by atoms with Crippen LogP contribution < -0.4 is 15.4 Å². The Morgan fingerprint density at radius 2 is 2.05 bits per heavy atom. The van der Waals surface area contributed by atoms with Crippen LogP contribution in [-0.4, -0.2) is 19.1 Å². The van der Waals surface area contributed by atoms with Gasteiger partial charge in [0.25, 0.3) is 5.91 Å². The number of para-hydroxylation sites is 2. The number of benzene rings is 2. The summed E-state index contributed by atoms with van der Waals surface area (Å²) in [4.78, 5) is 14.5. The molecule has 0 spiro atoms. The molecule has 0 aromatic heterocycles. The zero-order valence-corrected chi connectivity index (χ0v) is 13.0. The average Bonchev–Trinajstić information content (AvgIpc) is 2.71. The van der Waals surface area contributed by atoms with E-state index in [1.165, 1.54) is 0 Å². The summed E-state index contributed by atoms with van der Waals surface area (Å²) in [6.07, 6.45) is 0.798. The van der Waals surface area contributed by atoms with Gasteiger partial charge in [0.1, 0.15) is 5.75 Å². The molecular formula is C16H15BrN2O2. The molecule has 0 saturated heterocycles. The van der Waals surface area contributed by atoms with Crippen molar-refractivity contribution in [2.75, 3.05) is 23.8 Å². The molecule has 1 aliphatic rings. The summed E-state index contributed by atoms with van der Waals surface area (Å²) in [5.41, 5.74) is 7.81. The first-order chi connectivity index (χ1) is 10.2. The van der Waals surface area contributed by atoms with Crippen molar-refractivity contribution < 1.29 is 9.53 Å². The predicted octanol–water partition coefficient (Wildman–Crippen LogP) is 3.46. The van der Waals surface area contributed by atoms with Crippen LogP contribution in [0.3, 0.4) is 0 Å². The van der Waals surface area contributed by atoms with Crippen molar-refractivity contribution in [1.82, 2.24) is 0 Å². The molecule has 21 heavy (non-hydrogen) atoms. The minimum atomic E-state index is -0.0628. The van der Waals surface area contributed by atoms with E-state index in [4.69, 9.17) is 10.5 Å². The van der Waals surface area contributed by atoms with Gasteiger partial charge in [0.2, 0.25) is 0 Å². The molecule has 108 valence electrons. The maximum absolute atomic E-state index is 12.8. The van der Waals surface area contributed by atoms with Crippen LogP contribution in [0.5, 0.6) is 5.75 Å². The van der Waals surface area contributed by atoms with E-state index in [2.05, 4.69) is 15.9 Å². The fourth-order valence-corrected chi connectivity index (χ4v) is 2.62. The summed E-state index contributed by atoms with van der Waals surface area (Å²) in [5, 5.41) is 0. The van der Waals surface area contributed by atoms with E-state index in [0.717, 1.165) is 22.3 Å². The minimum absolute atomic E-state index is 0.0628. The molecule has 0 bridgehead atoms. The molecule has 4 nitrogen and oxygen atoms in total. The summed E-state index contributed by atoms with van der Waals surface area (Å²) in [6, 6.07) is 12.9. The highest BCUT2D eigenvalue weighted by molar-refractivity contribution is 9.10. The number of nitrogen functional groups attached to an aromatic ring is 1. The molecule has 0 atom stereocenters. The molecule has 5 heteroatoms. The van der Waals surface area contributed by atoms with E-state index >= 15 is 0 Å². The van der Waals surface area contributed by atoms with Crippen LogP contribution in [0.15, 0.2) is 46.9 Å². The first kappa shape index (κ1) is 13.9. The van der Waals surface area contributed by atoms with Gasteiger partial charge in [-0.3, -0.25) is 4.79 Å². The molecule has 0 radical (unpaired) electrons. The van der Waals surface area contributed by atoms with Gasteiger partial charge in [-0.2, -0.15) is 0 Å². The molecule has 1 amide bonds. The Morgan fingerprint density at radius 1 is 1.24 bits per heavy atom. The minimum Gasteiger partial charge on any atom is -0.491 e. The molecular weight excluding hydrogens is 332 g/mol. The maximum atomic E-state index is 12.8. The smallest absolute Gasteiger partial charge is 0.258 e. The molecule has 2 aromatic carbocycles. The number of nitrogens with two attached hydrogens (primary N) is 1. The average molecular weight is 347 g/mol. The van der Waals surface area contributed by atoms with Gasteiger partial charge < -0.3 is 15.4 Å². The normalized spacial score (nSPS) is 14.0. The second-order valence-corrected chi connectivity index (χ2v) is 5.72. The number of carbonyl (C=O) groups excluding carboxylic acids is 1. The van der Waals surface area contributed by atoms with Gasteiger partial charge in [0.15, 0.2) is 0 Å². The number of carbonyl (C=O) groups is 1. The lowest BCUT2D eigenvalue weighted by Gasteiger charge is -2.22. The highest BCUT2D eigenvalue weighted by atomic mass is 79.9. The van der Waals surface area contributed by atoms with E-state index < -0.39 is 0 Å². The summed E-state index contributed by atoms with van der Waals surface area (Å²) in [5.74, 6) is 0.681. The Kier molecular flexibility index (Phi) is 3.84. The van der Waals surface area contributed by atoms with Crippen molar-refractivity contribution >= 4 is 33.2 Å². The Hall–Kier alpha value is -2.01. The van der Waals surface area contributed by atoms with Crippen LogP contribution in [0.25, 0.3) is 0 Å². The monoisotopic (exact) mass is 346 g/mol. The van der Waals surface area contributed by atoms with Crippen molar-refractivity contribution in [3.63, 3.8) is 0 Å². The summed E-state index contributed by atoms with van der Waals surface area (Å²) < 4.78 is 6.47. The van der Waals surface area contributed by atoms with E-state index in [1.807, 2.05) is 24.3 Å². The molecule has 0 saturated carbocycles. The number of hydrogen-bond donors (Lipinski definition) is 1. The van der Waals surface area contributed by atoms with Gasteiger partial charge in [-0.15, -0.1) is 0 Å². The molecule has 1 aliphatic heterocycles. The zero-order chi connectivity index (χ0) is 14.8. The number of halogens is 1. The quantitative estimate of drug-likeness (QED) is 0.804. The second-order valence-electron chi connectivity index (χ2n) is 4.86. The number of amides is 1. The topological polar surface area (TPSA) is 55.6 Å². The SMILES string of the molecule is Nc1cc(C(=O)N2CCCOc3ccccc32)ccc1Br. The molecule has 2 N–H and O–H groups in total. The second kappa shape index (κ2) is 5.77. The van der Waals surface area contributed by atoms with E-state index in [0.29, 0.717) is 24.4 Å². The van der Waals surface area contributed by atoms with Crippen LogP contribution in [0.4, 0.5) is 11.4 Å². The van der Waals surface area contributed by atoms with E-state index in [9.17, 15) is 4.79 Å². The van der Waals surface area contributed by atoms with Gasteiger partial charge in [-0.1, -0.05) is 12.1 Å². The fraction of sp³-hybridized carbons (Fsp3) is 0.188. The number of ether oxygens (including phenoxy) is 1. The van der Waals surface area contributed by atoms with Gasteiger partial charge in [0, 0.05) is 22.3 Å². The Labute approximate surface area is 131 Å². The first-order valence-electron chi connectivity index (χ1n) is 6.75. The highest BCUT2D eigenvalue weighted by Crippen LogP contribution is 2.32. The number of fused-ring (bicyclic) bond motifs is 1. The Bertz CT molecular complexity index is 688. The molecule has 0 unspecified atom stereocenters. The predicted molar refractivity (Wildman–Crippen MR) is 86.8 cm³/mol. The van der Waals surface area contributed by atoms with Gasteiger partial charge in [-0.05, 0) is 52.7 Å². The van der Waals surface area contributed by atoms with Crippen molar-refractivity contribution in [2.45, 2.75) is 6.42 Å². The number of hydrogen-bond acceptors (Lipinski definition) is 3. The summed E-state index contributed by atoms with van der Waals surface area (Å²) >= 11 is 3.34. The van der Waals surface area contributed by atoms with Crippen LogP contribution in [0.1, 0.15) is 16.8 Å². The molecule has 1 heterocycles. The fourth-order valence-electron chi connectivity index (χ4n) is 2.37. The summed E-state index contributed by atoms with van der Waals surface area (Å²) in [6.45, 7) is 1.25. The molecule has 0 aliphatic carbocycles. The van der Waals surface area contributed by atoms with Crippen molar-refractivity contribution in [3.8, 4) is 5.75 Å². The third kappa shape index (κ3) is 2.74.